The molecule has 0 saturated carbocycles. The predicted molar refractivity (Wildman–Crippen MR) is 45.7 cm³/mol. The summed E-state index contributed by atoms with van der Waals surface area (Å²) >= 11 is 3.53. The average molecular weight is 304 g/mol. The second kappa shape index (κ2) is 21.3. The summed E-state index contributed by atoms with van der Waals surface area (Å²) in [4.78, 5) is 0. The summed E-state index contributed by atoms with van der Waals surface area (Å²) in [5, 5.41) is 0. The molecule has 0 bridgehead atoms. The van der Waals surface area contributed by atoms with E-state index in [2.05, 4.69) is 12.6 Å². The van der Waals surface area contributed by atoms with Crippen molar-refractivity contribution in [3.05, 3.63) is 0 Å². The summed E-state index contributed by atoms with van der Waals surface area (Å²) in [6, 6.07) is 0. The van der Waals surface area contributed by atoms with Gasteiger partial charge in [0.15, 0.2) is 0 Å². The first-order valence-electron chi connectivity index (χ1n) is 0.447. The van der Waals surface area contributed by atoms with Crippen molar-refractivity contribution in [3.63, 3.8) is 0 Å². The lowest BCUT2D eigenvalue weighted by molar-refractivity contribution is 2.55. The van der Waals surface area contributed by atoms with E-state index in [-0.39, 0.29) is 48.0 Å². The molecule has 0 radical (unpaired) electrons. The van der Waals surface area contributed by atoms with Crippen LogP contribution in [0.4, 0.5) is 0 Å². The van der Waals surface area contributed by atoms with E-state index in [4.69, 9.17) is 0 Å². The molecule has 0 aliphatic heterocycles. The Hall–Kier alpha value is 1.81. The molecule has 0 aromatic carbocycles. The average Bonchev–Trinajstić information content (AvgIpc) is 1.00. The zero-order valence-electron chi connectivity index (χ0n) is 2.26. The minimum Gasteiger partial charge on any atom is -0.183 e. The first kappa shape index (κ1) is 17.0. The number of hydrogen-bond donors (Lipinski definition) is 1. The van der Waals surface area contributed by atoms with E-state index < -0.39 is 0 Å². The highest BCUT2D eigenvalue weighted by molar-refractivity contribution is 14.0. The van der Waals surface area contributed by atoms with Gasteiger partial charge in [-0.25, -0.2) is 0 Å². The molecule has 0 nitrogen and oxygen atoms in total. The van der Waals surface area contributed by atoms with Crippen LogP contribution in [0.3, 0.4) is 0 Å². The Labute approximate surface area is 66.2 Å². The Bertz CT molecular complexity index is 6.00. The third kappa shape index (κ3) is 9.18. The van der Waals surface area contributed by atoms with E-state index in [1.807, 2.05) is 0 Å². The van der Waals surface area contributed by atoms with Gasteiger partial charge in [-0.3, -0.25) is 0 Å². The minimum atomic E-state index is 0. The van der Waals surface area contributed by atoms with Gasteiger partial charge in [-0.1, -0.05) is 0 Å². The molecule has 0 atom stereocenters. The second-order valence-corrected chi connectivity index (χ2v) is 0. The third-order valence-corrected chi connectivity index (χ3v) is 0. The second-order valence-electron chi connectivity index (χ2n) is 0. The monoisotopic (exact) mass is 304 g/mol. The van der Waals surface area contributed by atoms with Crippen LogP contribution in [0.2, 0.25) is 0 Å². The van der Waals surface area contributed by atoms with Crippen LogP contribution in [-0.4, -0.2) is 6.26 Å². The van der Waals surface area contributed by atoms with Crippen LogP contribution >= 0.6 is 60.6 Å². The highest BCUT2D eigenvalue weighted by Crippen LogP contribution is 1.31. The van der Waals surface area contributed by atoms with Gasteiger partial charge < -0.3 is 0 Å². The Balaban J connectivity index is -0.00000000500. The highest BCUT2D eigenvalue weighted by atomic mass is 127. The molecule has 0 unspecified atom stereocenters. The van der Waals surface area contributed by atoms with Crippen molar-refractivity contribution >= 4 is 60.6 Å². The standard InChI is InChI=1S/CH4S.2HI/c1-2;;/h2H,1H3;2*1H. The lowest BCUT2D eigenvalue weighted by Gasteiger charge is -1.11. The minimum absolute atomic E-state index is 0. The summed E-state index contributed by atoms with van der Waals surface area (Å²) in [5.41, 5.74) is 0. The Morgan fingerprint density at radius 3 is 1.00 bits per heavy atom. The van der Waals surface area contributed by atoms with E-state index in [0.717, 1.165) is 0 Å². The van der Waals surface area contributed by atoms with Crippen LogP contribution in [0.5, 0.6) is 0 Å². The van der Waals surface area contributed by atoms with Crippen LogP contribution in [0, 0.1) is 0 Å². The summed E-state index contributed by atoms with van der Waals surface area (Å²) < 4.78 is 0. The van der Waals surface area contributed by atoms with Gasteiger partial charge in [-0.15, -0.1) is 48.0 Å². The fraction of sp³-hybridized carbons (Fsp3) is 1.00. The predicted octanol–water partition coefficient (Wildman–Crippen LogP) is 1.78. The largest absolute Gasteiger partial charge is 0.183 e. The maximum Gasteiger partial charge on any atom is -0.0215 e. The van der Waals surface area contributed by atoms with Crippen LogP contribution in [0.1, 0.15) is 0 Å². The lowest BCUT2D eigenvalue weighted by Crippen LogP contribution is -0.865. The van der Waals surface area contributed by atoms with E-state index >= 15 is 0 Å². The quantitative estimate of drug-likeness (QED) is 0.512. The maximum absolute atomic E-state index is 3.53. The van der Waals surface area contributed by atoms with Crippen molar-refractivity contribution in [1.29, 1.82) is 0 Å². The maximum atomic E-state index is 3.53. The summed E-state index contributed by atoms with van der Waals surface area (Å²) in [6.45, 7) is 0. The summed E-state index contributed by atoms with van der Waals surface area (Å²) in [7, 11) is 0. The molecule has 0 saturated heterocycles. The summed E-state index contributed by atoms with van der Waals surface area (Å²) in [5.74, 6) is 0. The smallest absolute Gasteiger partial charge is 0.0215 e. The van der Waals surface area contributed by atoms with Crippen molar-refractivity contribution in [1.82, 2.24) is 0 Å². The van der Waals surface area contributed by atoms with Crippen molar-refractivity contribution in [3.8, 4) is 0 Å². The van der Waals surface area contributed by atoms with E-state index in [0.29, 0.717) is 0 Å². The first-order chi connectivity index (χ1) is 1.00. The summed E-state index contributed by atoms with van der Waals surface area (Å²) in [6.07, 6.45) is 1.69. The molecule has 4 heavy (non-hydrogen) atoms. The fourth-order valence-corrected chi connectivity index (χ4v) is 0. The van der Waals surface area contributed by atoms with Crippen molar-refractivity contribution in [2.45, 2.75) is 0 Å². The van der Waals surface area contributed by atoms with Gasteiger partial charge in [-0.2, -0.15) is 12.6 Å². The lowest BCUT2D eigenvalue weighted by atomic mass is 12.0. The number of rotatable bonds is 0. The Morgan fingerprint density at radius 1 is 1.00 bits per heavy atom. The molecule has 0 aliphatic carbocycles. The van der Waals surface area contributed by atoms with Gasteiger partial charge in [0, 0.05) is 0 Å². The molecule has 0 aliphatic rings. The van der Waals surface area contributed by atoms with Crippen LogP contribution in [0.15, 0.2) is 0 Å². The fourth-order valence-electron chi connectivity index (χ4n) is 0. The van der Waals surface area contributed by atoms with Gasteiger partial charge in [-0.05, 0) is 6.26 Å². The molecule has 0 aromatic heterocycles. The third-order valence-electron chi connectivity index (χ3n) is 0. The van der Waals surface area contributed by atoms with E-state index in [9.17, 15) is 0 Å². The molecule has 3 heteroatoms. The zero-order valence-corrected chi connectivity index (χ0v) is 7.82. The normalized spacial score (nSPS) is 1.50. The number of hydrogen-bond acceptors (Lipinski definition) is 1. The van der Waals surface area contributed by atoms with Crippen LogP contribution < -0.4 is 0 Å². The topological polar surface area (TPSA) is 0 Å². The molecule has 0 aromatic rings. The highest BCUT2D eigenvalue weighted by Gasteiger charge is 0.901. The van der Waals surface area contributed by atoms with E-state index in [1.165, 1.54) is 0 Å². The van der Waals surface area contributed by atoms with Gasteiger partial charge in [0.25, 0.3) is 0 Å². The van der Waals surface area contributed by atoms with Gasteiger partial charge >= 0.3 is 0 Å². The molecule has 0 N–H and O–H groups in total. The van der Waals surface area contributed by atoms with Crippen molar-refractivity contribution in [2.24, 2.45) is 0 Å². The van der Waals surface area contributed by atoms with Gasteiger partial charge in [0.2, 0.25) is 0 Å². The molecule has 0 heterocycles. The first-order valence-corrected chi connectivity index (χ1v) is 1.34. The van der Waals surface area contributed by atoms with Crippen molar-refractivity contribution in [2.75, 3.05) is 6.26 Å². The van der Waals surface area contributed by atoms with Crippen LogP contribution in [0.25, 0.3) is 0 Å². The molecule has 0 rings (SSSR count). The Kier molecular flexibility index (Phi) is 90.7. The molecule has 30 valence electrons. The molecule has 0 spiro atoms. The van der Waals surface area contributed by atoms with Gasteiger partial charge in [0.05, 0.1) is 0 Å². The zero-order chi connectivity index (χ0) is 2.00. The number of thiol groups is 1. The molecular formula is CH6I2S. The molecule has 0 fully saturated rings. The van der Waals surface area contributed by atoms with E-state index in [1.54, 1.807) is 6.26 Å². The number of halogens is 2. The SMILES string of the molecule is CS.I.I. The molecular weight excluding hydrogens is 298 g/mol. The molecule has 0 amide bonds. The van der Waals surface area contributed by atoms with Crippen molar-refractivity contribution < 1.29 is 0 Å². The van der Waals surface area contributed by atoms with Crippen LogP contribution in [-0.2, 0) is 0 Å². The van der Waals surface area contributed by atoms with Gasteiger partial charge in [0.1, 0.15) is 0 Å². The Morgan fingerprint density at radius 2 is 1.00 bits per heavy atom.